The van der Waals surface area contributed by atoms with Crippen molar-refractivity contribution < 1.29 is 9.21 Å². The Balaban J connectivity index is 1.40. The van der Waals surface area contributed by atoms with Crippen LogP contribution in [0, 0.1) is 0 Å². The normalized spacial score (nSPS) is 12.9. The van der Waals surface area contributed by atoms with Crippen molar-refractivity contribution in [3.63, 3.8) is 0 Å². The lowest BCUT2D eigenvalue weighted by molar-refractivity contribution is -0.120. The summed E-state index contributed by atoms with van der Waals surface area (Å²) >= 11 is 1.28. The molecule has 0 fully saturated rings. The van der Waals surface area contributed by atoms with Gasteiger partial charge < -0.3 is 9.73 Å². The maximum Gasteiger partial charge on any atom is 0.277 e. The van der Waals surface area contributed by atoms with Crippen molar-refractivity contribution in [3.8, 4) is 0 Å². The first-order valence-corrected chi connectivity index (χ1v) is 11.9. The average Bonchev–Trinajstić information content (AvgIpc) is 3.30. The van der Waals surface area contributed by atoms with E-state index < -0.39 is 0 Å². The van der Waals surface area contributed by atoms with E-state index in [2.05, 4.69) is 34.6 Å². The third-order valence-electron chi connectivity index (χ3n) is 5.50. The number of rotatable bonds is 9. The van der Waals surface area contributed by atoms with E-state index in [9.17, 15) is 4.79 Å². The lowest BCUT2D eigenvalue weighted by Crippen LogP contribution is -2.34. The number of carbonyl (C=O) groups is 1. The Bertz CT molecular complexity index is 1110. The lowest BCUT2D eigenvalue weighted by Gasteiger charge is -2.21. The van der Waals surface area contributed by atoms with Crippen LogP contribution in [0.5, 0.6) is 0 Å². The van der Waals surface area contributed by atoms with Crippen LogP contribution in [0.4, 0.5) is 0 Å². The fraction of sp³-hybridized carbons (Fsp3) is 0.222. The second kappa shape index (κ2) is 11.0. The van der Waals surface area contributed by atoms with E-state index in [1.165, 1.54) is 17.3 Å². The summed E-state index contributed by atoms with van der Waals surface area (Å²) in [5, 5.41) is 11.5. The number of nitrogens with one attached hydrogen (secondary N) is 1. The molecular formula is C27H27N3O2S. The number of carbonyl (C=O) groups excluding carboxylic acids is 1. The number of aromatic nitrogens is 2. The molecule has 0 aliphatic carbocycles. The molecule has 1 heterocycles. The molecule has 0 spiro atoms. The van der Waals surface area contributed by atoms with Crippen molar-refractivity contribution in [2.45, 2.75) is 42.7 Å². The minimum absolute atomic E-state index is 0.0879. The molecule has 4 aromatic rings. The lowest BCUT2D eigenvalue weighted by atomic mass is 9.98. The maximum absolute atomic E-state index is 13.1. The van der Waals surface area contributed by atoms with Crippen LogP contribution < -0.4 is 5.32 Å². The molecule has 3 aromatic carbocycles. The molecule has 33 heavy (non-hydrogen) atoms. The van der Waals surface area contributed by atoms with Gasteiger partial charge in [-0.3, -0.25) is 4.79 Å². The van der Waals surface area contributed by atoms with E-state index in [0.29, 0.717) is 17.5 Å². The van der Waals surface area contributed by atoms with Gasteiger partial charge in [0.1, 0.15) is 0 Å². The first-order chi connectivity index (χ1) is 16.1. The van der Waals surface area contributed by atoms with Crippen molar-refractivity contribution in [1.82, 2.24) is 15.5 Å². The Morgan fingerprint density at radius 3 is 1.88 bits per heavy atom. The molecule has 5 nitrogen and oxygen atoms in total. The molecule has 0 aliphatic heterocycles. The molecule has 1 N–H and O–H groups in total. The topological polar surface area (TPSA) is 68.0 Å². The number of thioether (sulfide) groups is 1. The number of hydrogen-bond acceptors (Lipinski definition) is 5. The van der Waals surface area contributed by atoms with Gasteiger partial charge in [-0.1, -0.05) is 110 Å². The summed E-state index contributed by atoms with van der Waals surface area (Å²) in [4.78, 5) is 13.1. The highest BCUT2D eigenvalue weighted by Crippen LogP contribution is 2.27. The van der Waals surface area contributed by atoms with Crippen molar-refractivity contribution in [1.29, 1.82) is 0 Å². The molecule has 6 heteroatoms. The molecule has 1 amide bonds. The molecule has 168 valence electrons. The first kappa shape index (κ1) is 22.8. The van der Waals surface area contributed by atoms with Crippen molar-refractivity contribution in [3.05, 3.63) is 114 Å². The second-order valence-corrected chi connectivity index (χ2v) is 9.29. The van der Waals surface area contributed by atoms with Gasteiger partial charge in [-0.05, 0) is 29.5 Å². The SMILES string of the molecule is CC(Sc1nnc(CC(C)c2ccccc2)o1)C(=O)NC(c1ccccc1)c1ccccc1. The Labute approximate surface area is 198 Å². The summed E-state index contributed by atoms with van der Waals surface area (Å²) in [7, 11) is 0. The van der Waals surface area contributed by atoms with Gasteiger partial charge in [0, 0.05) is 6.42 Å². The van der Waals surface area contributed by atoms with Gasteiger partial charge in [0.15, 0.2) is 0 Å². The molecule has 2 unspecified atom stereocenters. The summed E-state index contributed by atoms with van der Waals surface area (Å²) in [6.07, 6.45) is 0.655. The third-order valence-corrected chi connectivity index (χ3v) is 6.43. The van der Waals surface area contributed by atoms with E-state index in [-0.39, 0.29) is 23.1 Å². The molecule has 0 saturated heterocycles. The minimum atomic E-state index is -0.389. The zero-order chi connectivity index (χ0) is 23.0. The van der Waals surface area contributed by atoms with Gasteiger partial charge in [0.05, 0.1) is 11.3 Å². The van der Waals surface area contributed by atoms with Gasteiger partial charge >= 0.3 is 0 Å². The van der Waals surface area contributed by atoms with Crippen molar-refractivity contribution >= 4 is 17.7 Å². The first-order valence-electron chi connectivity index (χ1n) is 11.0. The summed E-state index contributed by atoms with van der Waals surface area (Å²) in [6.45, 7) is 3.99. The maximum atomic E-state index is 13.1. The highest BCUT2D eigenvalue weighted by molar-refractivity contribution is 8.00. The Kier molecular flexibility index (Phi) is 7.58. The monoisotopic (exact) mass is 457 g/mol. The number of nitrogens with zero attached hydrogens (tertiary/aromatic N) is 2. The van der Waals surface area contributed by atoms with Crippen LogP contribution in [0.2, 0.25) is 0 Å². The molecular weight excluding hydrogens is 430 g/mol. The van der Waals surface area contributed by atoms with Crippen LogP contribution in [0.1, 0.15) is 48.4 Å². The summed E-state index contributed by atoms with van der Waals surface area (Å²) < 4.78 is 5.83. The molecule has 4 rings (SSSR count). The van der Waals surface area contributed by atoms with E-state index >= 15 is 0 Å². The largest absolute Gasteiger partial charge is 0.416 e. The smallest absolute Gasteiger partial charge is 0.277 e. The van der Waals surface area contributed by atoms with Crippen LogP contribution in [0.15, 0.2) is 101 Å². The van der Waals surface area contributed by atoms with Gasteiger partial charge in [-0.15, -0.1) is 10.2 Å². The van der Waals surface area contributed by atoms with Crippen molar-refractivity contribution in [2.75, 3.05) is 0 Å². The van der Waals surface area contributed by atoms with Gasteiger partial charge in [-0.25, -0.2) is 0 Å². The molecule has 0 aliphatic rings. The van der Waals surface area contributed by atoms with Gasteiger partial charge in [0.2, 0.25) is 11.8 Å². The Hall–Kier alpha value is -3.38. The van der Waals surface area contributed by atoms with Gasteiger partial charge in [0.25, 0.3) is 5.22 Å². The van der Waals surface area contributed by atoms with E-state index in [1.54, 1.807) is 0 Å². The van der Waals surface area contributed by atoms with Crippen LogP contribution in [0.25, 0.3) is 0 Å². The number of benzene rings is 3. The molecule has 0 bridgehead atoms. The predicted octanol–water partition coefficient (Wildman–Crippen LogP) is 5.80. The zero-order valence-corrected chi connectivity index (χ0v) is 19.5. The molecule has 0 saturated carbocycles. The second-order valence-electron chi connectivity index (χ2n) is 8.00. The van der Waals surface area contributed by atoms with E-state index in [4.69, 9.17) is 4.42 Å². The molecule has 2 atom stereocenters. The fourth-order valence-corrected chi connectivity index (χ4v) is 4.35. The zero-order valence-electron chi connectivity index (χ0n) is 18.7. The van der Waals surface area contributed by atoms with Crippen LogP contribution in [0.3, 0.4) is 0 Å². The highest BCUT2D eigenvalue weighted by Gasteiger charge is 2.23. The number of amides is 1. The molecule has 0 radical (unpaired) electrons. The average molecular weight is 458 g/mol. The van der Waals surface area contributed by atoms with Crippen LogP contribution >= 0.6 is 11.8 Å². The van der Waals surface area contributed by atoms with Crippen LogP contribution in [-0.4, -0.2) is 21.4 Å². The summed E-state index contributed by atoms with van der Waals surface area (Å²) in [6, 6.07) is 30.0. The minimum Gasteiger partial charge on any atom is -0.416 e. The third kappa shape index (κ3) is 6.11. The number of hydrogen-bond donors (Lipinski definition) is 1. The quantitative estimate of drug-likeness (QED) is 0.322. The molecule has 1 aromatic heterocycles. The fourth-order valence-electron chi connectivity index (χ4n) is 3.64. The Morgan fingerprint density at radius 2 is 1.33 bits per heavy atom. The van der Waals surface area contributed by atoms with Gasteiger partial charge in [-0.2, -0.15) is 0 Å². The van der Waals surface area contributed by atoms with Crippen LogP contribution in [-0.2, 0) is 11.2 Å². The highest BCUT2D eigenvalue weighted by atomic mass is 32.2. The summed E-state index contributed by atoms with van der Waals surface area (Å²) in [5.41, 5.74) is 3.29. The Morgan fingerprint density at radius 1 is 0.818 bits per heavy atom. The van der Waals surface area contributed by atoms with E-state index in [1.807, 2.05) is 85.8 Å². The standard InChI is InChI=1S/C27H27N3O2S/c1-19(21-12-6-3-7-13-21)18-24-29-30-27(32-24)33-20(2)26(31)28-25(22-14-8-4-9-15-22)23-16-10-5-11-17-23/h3-17,19-20,25H,18H2,1-2H3,(H,28,31). The summed E-state index contributed by atoms with van der Waals surface area (Å²) in [5.74, 6) is 0.755. The van der Waals surface area contributed by atoms with E-state index in [0.717, 1.165) is 11.1 Å². The predicted molar refractivity (Wildman–Crippen MR) is 131 cm³/mol. The van der Waals surface area contributed by atoms with Crippen molar-refractivity contribution in [2.24, 2.45) is 0 Å².